The van der Waals surface area contributed by atoms with Crippen molar-refractivity contribution in [3.05, 3.63) is 35.9 Å². The van der Waals surface area contributed by atoms with Crippen molar-refractivity contribution < 1.29 is 14.6 Å². The first-order valence-corrected chi connectivity index (χ1v) is 4.58. The zero-order chi connectivity index (χ0) is 11.1. The van der Waals surface area contributed by atoms with Gasteiger partial charge >= 0.3 is 6.09 Å². The van der Waals surface area contributed by atoms with Crippen LogP contribution in [0.15, 0.2) is 30.3 Å². The van der Waals surface area contributed by atoms with E-state index in [1.54, 1.807) is 0 Å². The van der Waals surface area contributed by atoms with E-state index in [2.05, 4.69) is 0 Å². The molecule has 1 rings (SSSR count). The van der Waals surface area contributed by atoms with Gasteiger partial charge in [0.25, 0.3) is 0 Å². The number of hydrazine groups is 1. The minimum atomic E-state index is -0.645. The van der Waals surface area contributed by atoms with E-state index >= 15 is 0 Å². The Hall–Kier alpha value is -1.59. The lowest BCUT2D eigenvalue weighted by molar-refractivity contribution is 0.0887. The van der Waals surface area contributed by atoms with Gasteiger partial charge in [0.15, 0.2) is 0 Å². The lowest BCUT2D eigenvalue weighted by Gasteiger charge is -2.14. The molecular weight excluding hydrogens is 196 g/mol. The van der Waals surface area contributed by atoms with Crippen LogP contribution >= 0.6 is 0 Å². The molecule has 0 aromatic heterocycles. The number of hydrogen-bond acceptors (Lipinski definition) is 4. The Morgan fingerprint density at radius 1 is 1.40 bits per heavy atom. The topological polar surface area (TPSA) is 75.8 Å². The molecule has 5 nitrogen and oxygen atoms in total. The normalized spacial score (nSPS) is 9.73. The Morgan fingerprint density at radius 3 is 2.67 bits per heavy atom. The van der Waals surface area contributed by atoms with Gasteiger partial charge in [0.05, 0.1) is 13.2 Å². The number of carbonyl (C=O) groups excluding carboxylic acids is 1. The number of aliphatic hydroxyl groups is 1. The fraction of sp³-hybridized carbons (Fsp3) is 0.300. The molecule has 0 spiro atoms. The maximum Gasteiger partial charge on any atom is 0.424 e. The van der Waals surface area contributed by atoms with Gasteiger partial charge in [-0.25, -0.2) is 15.6 Å². The molecule has 1 amide bonds. The van der Waals surface area contributed by atoms with Gasteiger partial charge < -0.3 is 9.84 Å². The van der Waals surface area contributed by atoms with Gasteiger partial charge in [-0.3, -0.25) is 0 Å². The molecular formula is C10H14N2O3. The van der Waals surface area contributed by atoms with Crippen LogP contribution in [0, 0.1) is 0 Å². The van der Waals surface area contributed by atoms with Crippen molar-refractivity contribution in [3.63, 3.8) is 0 Å². The van der Waals surface area contributed by atoms with Crippen LogP contribution in [-0.4, -0.2) is 29.4 Å². The predicted molar refractivity (Wildman–Crippen MR) is 54.6 cm³/mol. The molecule has 1 aromatic carbocycles. The summed E-state index contributed by atoms with van der Waals surface area (Å²) >= 11 is 0. The second-order valence-electron chi connectivity index (χ2n) is 2.96. The van der Waals surface area contributed by atoms with Crippen LogP contribution in [0.4, 0.5) is 4.79 Å². The summed E-state index contributed by atoms with van der Waals surface area (Å²) in [5, 5.41) is 9.38. The fourth-order valence-electron chi connectivity index (χ4n) is 1.00. The monoisotopic (exact) mass is 210 g/mol. The number of rotatable bonds is 4. The fourth-order valence-corrected chi connectivity index (χ4v) is 1.00. The summed E-state index contributed by atoms with van der Waals surface area (Å²) in [6, 6.07) is 9.29. The molecule has 0 saturated heterocycles. The van der Waals surface area contributed by atoms with Gasteiger partial charge in [-0.2, -0.15) is 0 Å². The third kappa shape index (κ3) is 3.97. The summed E-state index contributed by atoms with van der Waals surface area (Å²) < 4.78 is 4.89. The highest BCUT2D eigenvalue weighted by molar-refractivity contribution is 5.66. The molecule has 82 valence electrons. The first-order chi connectivity index (χ1) is 7.24. The Balaban J connectivity index is 2.34. The molecule has 0 bridgehead atoms. The van der Waals surface area contributed by atoms with Crippen LogP contribution in [0.2, 0.25) is 0 Å². The highest BCUT2D eigenvalue weighted by atomic mass is 16.6. The Morgan fingerprint density at radius 2 is 2.07 bits per heavy atom. The maximum atomic E-state index is 11.2. The molecule has 0 saturated carbocycles. The van der Waals surface area contributed by atoms with Crippen LogP contribution in [0.5, 0.6) is 0 Å². The molecule has 0 atom stereocenters. The van der Waals surface area contributed by atoms with Crippen molar-refractivity contribution in [2.24, 2.45) is 5.84 Å². The number of ether oxygens (including phenoxy) is 1. The Bertz CT molecular complexity index is 303. The van der Waals surface area contributed by atoms with Crippen LogP contribution < -0.4 is 5.84 Å². The average molecular weight is 210 g/mol. The van der Waals surface area contributed by atoms with E-state index in [0.29, 0.717) is 0 Å². The molecule has 0 fully saturated rings. The quantitative estimate of drug-likeness (QED) is 0.431. The average Bonchev–Trinajstić information content (AvgIpc) is 2.27. The van der Waals surface area contributed by atoms with E-state index in [9.17, 15) is 4.79 Å². The van der Waals surface area contributed by atoms with Gasteiger partial charge in [0.1, 0.15) is 6.61 Å². The van der Waals surface area contributed by atoms with Crippen molar-refractivity contribution in [1.29, 1.82) is 0 Å². The Labute approximate surface area is 88.0 Å². The number of hydrogen-bond donors (Lipinski definition) is 2. The maximum absolute atomic E-state index is 11.2. The number of aliphatic hydroxyl groups excluding tert-OH is 1. The van der Waals surface area contributed by atoms with Crippen molar-refractivity contribution >= 4 is 6.09 Å². The van der Waals surface area contributed by atoms with E-state index in [-0.39, 0.29) is 19.8 Å². The molecule has 0 aliphatic carbocycles. The van der Waals surface area contributed by atoms with Gasteiger partial charge in [0.2, 0.25) is 0 Å². The van der Waals surface area contributed by atoms with Crippen LogP contribution in [0.25, 0.3) is 0 Å². The van der Waals surface area contributed by atoms with Gasteiger partial charge in [0, 0.05) is 0 Å². The predicted octanol–water partition coefficient (Wildman–Crippen LogP) is 0.491. The number of carbonyl (C=O) groups is 1. The first kappa shape index (κ1) is 11.5. The van der Waals surface area contributed by atoms with Crippen molar-refractivity contribution in [1.82, 2.24) is 5.01 Å². The zero-order valence-corrected chi connectivity index (χ0v) is 8.30. The third-order valence-corrected chi connectivity index (χ3v) is 1.78. The summed E-state index contributed by atoms with van der Waals surface area (Å²) in [5.41, 5.74) is 0.892. The lowest BCUT2D eigenvalue weighted by Crippen LogP contribution is -2.39. The molecule has 0 radical (unpaired) electrons. The summed E-state index contributed by atoms with van der Waals surface area (Å²) in [5.74, 6) is 5.29. The van der Waals surface area contributed by atoms with Gasteiger partial charge in [-0.1, -0.05) is 30.3 Å². The summed E-state index contributed by atoms with van der Waals surface area (Å²) in [4.78, 5) is 11.2. The van der Waals surface area contributed by atoms with Gasteiger partial charge in [-0.05, 0) is 5.56 Å². The molecule has 0 aliphatic rings. The van der Waals surface area contributed by atoms with Crippen LogP contribution in [0.3, 0.4) is 0 Å². The summed E-state index contributed by atoms with van der Waals surface area (Å²) in [6.07, 6.45) is -0.645. The molecule has 0 heterocycles. The molecule has 1 aromatic rings. The van der Waals surface area contributed by atoms with Crippen molar-refractivity contribution in [2.75, 3.05) is 13.2 Å². The van der Waals surface area contributed by atoms with E-state index in [1.165, 1.54) is 0 Å². The minimum absolute atomic E-state index is 0.0631. The molecule has 0 unspecified atom stereocenters. The number of benzene rings is 1. The van der Waals surface area contributed by atoms with E-state index in [1.807, 2.05) is 30.3 Å². The Kier molecular flexibility index (Phi) is 4.59. The highest BCUT2D eigenvalue weighted by Crippen LogP contribution is 2.01. The highest BCUT2D eigenvalue weighted by Gasteiger charge is 2.09. The molecule has 3 N–H and O–H groups in total. The lowest BCUT2D eigenvalue weighted by atomic mass is 10.2. The number of nitrogens with two attached hydrogens (primary N) is 1. The smallest absolute Gasteiger partial charge is 0.424 e. The molecule has 5 heteroatoms. The first-order valence-electron chi connectivity index (χ1n) is 4.58. The van der Waals surface area contributed by atoms with E-state index < -0.39 is 6.09 Å². The number of nitrogens with zero attached hydrogens (tertiary/aromatic N) is 1. The largest absolute Gasteiger partial charge is 0.444 e. The third-order valence-electron chi connectivity index (χ3n) is 1.78. The SMILES string of the molecule is NN(CCO)C(=O)OCc1ccccc1. The van der Waals surface area contributed by atoms with E-state index in [4.69, 9.17) is 15.7 Å². The standard InChI is InChI=1S/C10H14N2O3/c11-12(6-7-13)10(14)15-8-9-4-2-1-3-5-9/h1-5,13H,6-8,11H2. The summed E-state index contributed by atoms with van der Waals surface area (Å²) in [6.45, 7) is 0.0589. The van der Waals surface area contributed by atoms with E-state index in [0.717, 1.165) is 10.6 Å². The van der Waals surface area contributed by atoms with Gasteiger partial charge in [-0.15, -0.1) is 0 Å². The van der Waals surface area contributed by atoms with Crippen molar-refractivity contribution in [3.8, 4) is 0 Å². The second-order valence-corrected chi connectivity index (χ2v) is 2.96. The van der Waals surface area contributed by atoms with Crippen LogP contribution in [0.1, 0.15) is 5.56 Å². The van der Waals surface area contributed by atoms with Crippen LogP contribution in [-0.2, 0) is 11.3 Å². The summed E-state index contributed by atoms with van der Waals surface area (Å²) in [7, 11) is 0. The van der Waals surface area contributed by atoms with Crippen molar-refractivity contribution in [2.45, 2.75) is 6.61 Å². The second kappa shape index (κ2) is 6.00. The molecule has 15 heavy (non-hydrogen) atoms. The number of amides is 1. The minimum Gasteiger partial charge on any atom is -0.444 e. The molecule has 0 aliphatic heterocycles. The zero-order valence-electron chi connectivity index (χ0n) is 8.30.